The van der Waals surface area contributed by atoms with Crippen LogP contribution < -0.4 is 5.73 Å². The monoisotopic (exact) mass is 356 g/mol. The van der Waals surface area contributed by atoms with E-state index in [4.69, 9.17) is 5.73 Å². The van der Waals surface area contributed by atoms with Gasteiger partial charge in [0.2, 0.25) is 0 Å². The number of nitrogen functional groups attached to an aromatic ring is 1. The Balaban J connectivity index is 0.000000269. The molecule has 0 radical (unpaired) electrons. The summed E-state index contributed by atoms with van der Waals surface area (Å²) in [5, 5.41) is 1.74. The Hall–Kier alpha value is -3.13. The number of nitrogens with zero attached hydrogens (tertiary/aromatic N) is 3. The standard InChI is InChI=1S/C11H9N3O3S.C6H7N/c1-8-6-9-4-2-3-5-10(9)7-11(8)18(12-15,13-16)14-17;7-6-4-2-1-3-5-6/h2-7H,1H3;1-5H,7H2. The Morgan fingerprint density at radius 2 is 1.24 bits per heavy atom. The SMILES string of the molecule is Cc1cc2ccccc2cc1S(N=O)(N=O)N=O.Nc1ccccc1. The van der Waals surface area contributed by atoms with Gasteiger partial charge in [-0.3, -0.25) is 0 Å². The first kappa shape index (κ1) is 18.2. The molecule has 0 aromatic heterocycles. The number of aryl methyl sites for hydroxylation is 1. The maximum absolute atomic E-state index is 10.8. The van der Waals surface area contributed by atoms with Gasteiger partial charge in [0.25, 0.3) is 0 Å². The van der Waals surface area contributed by atoms with Crippen molar-refractivity contribution in [2.24, 2.45) is 13.7 Å². The smallest absolute Gasteiger partial charge is 0.197 e. The summed E-state index contributed by atoms with van der Waals surface area (Å²) in [5.41, 5.74) is 6.78. The van der Waals surface area contributed by atoms with E-state index in [1.807, 2.05) is 54.6 Å². The molecular weight excluding hydrogens is 340 g/mol. The van der Waals surface area contributed by atoms with Crippen LogP contribution in [0.4, 0.5) is 5.69 Å². The van der Waals surface area contributed by atoms with E-state index in [1.165, 1.54) is 0 Å². The lowest BCUT2D eigenvalue weighted by Gasteiger charge is -2.17. The van der Waals surface area contributed by atoms with Gasteiger partial charge in [-0.15, -0.1) is 14.7 Å². The first-order chi connectivity index (χ1) is 12.1. The molecule has 7 nitrogen and oxygen atoms in total. The summed E-state index contributed by atoms with van der Waals surface area (Å²) < 4.78 is 7.71. The van der Waals surface area contributed by atoms with Crippen molar-refractivity contribution in [2.75, 3.05) is 5.73 Å². The minimum Gasteiger partial charge on any atom is -0.399 e. The Kier molecular flexibility index (Phi) is 5.91. The molecule has 0 saturated carbocycles. The van der Waals surface area contributed by atoms with Crippen LogP contribution >= 0.6 is 10.6 Å². The fourth-order valence-electron chi connectivity index (χ4n) is 2.24. The van der Waals surface area contributed by atoms with Crippen LogP contribution in [0.3, 0.4) is 0 Å². The van der Waals surface area contributed by atoms with E-state index < -0.39 is 10.6 Å². The Morgan fingerprint density at radius 1 is 0.760 bits per heavy atom. The summed E-state index contributed by atoms with van der Waals surface area (Å²) in [5.74, 6) is 0. The van der Waals surface area contributed by atoms with Crippen LogP contribution in [0.15, 0.2) is 85.4 Å². The molecule has 0 saturated heterocycles. The molecule has 0 spiro atoms. The number of fused-ring (bicyclic) bond motifs is 1. The number of para-hydroxylation sites is 1. The molecule has 3 aromatic carbocycles. The lowest BCUT2D eigenvalue weighted by molar-refractivity contribution is 1.28. The highest BCUT2D eigenvalue weighted by Crippen LogP contribution is 2.60. The molecule has 0 atom stereocenters. The number of rotatable bonds is 4. The van der Waals surface area contributed by atoms with Crippen molar-refractivity contribution in [2.45, 2.75) is 11.8 Å². The third kappa shape index (κ3) is 4.04. The molecule has 8 heteroatoms. The average Bonchev–Trinajstić information content (AvgIpc) is 2.65. The fourth-order valence-corrected chi connectivity index (χ4v) is 3.34. The Labute approximate surface area is 145 Å². The summed E-state index contributed by atoms with van der Waals surface area (Å²) in [7, 11) is -3.40. The molecule has 0 fully saturated rings. The van der Waals surface area contributed by atoms with Crippen molar-refractivity contribution in [3.8, 4) is 0 Å². The predicted molar refractivity (Wildman–Crippen MR) is 103 cm³/mol. The van der Waals surface area contributed by atoms with Gasteiger partial charge in [-0.25, -0.2) is 0 Å². The van der Waals surface area contributed by atoms with Crippen molar-refractivity contribution < 1.29 is 0 Å². The number of benzene rings is 3. The van der Waals surface area contributed by atoms with Crippen molar-refractivity contribution in [1.29, 1.82) is 0 Å². The van der Waals surface area contributed by atoms with Gasteiger partial charge in [0.1, 0.15) is 0 Å². The van der Waals surface area contributed by atoms with Crippen LogP contribution in [-0.2, 0) is 0 Å². The van der Waals surface area contributed by atoms with Crippen molar-refractivity contribution in [1.82, 2.24) is 0 Å². The van der Waals surface area contributed by atoms with Crippen LogP contribution in [0, 0.1) is 21.6 Å². The molecule has 0 aliphatic rings. The molecule has 25 heavy (non-hydrogen) atoms. The molecule has 3 aromatic rings. The van der Waals surface area contributed by atoms with Gasteiger partial charge in [-0.05, 0) is 41.5 Å². The quantitative estimate of drug-likeness (QED) is 0.482. The number of nitrogens with two attached hydrogens (primary N) is 1. The highest BCUT2D eigenvalue weighted by atomic mass is 32.3. The highest BCUT2D eigenvalue weighted by molar-refractivity contribution is 8.30. The van der Waals surface area contributed by atoms with E-state index in [0.717, 1.165) is 16.5 Å². The van der Waals surface area contributed by atoms with Gasteiger partial charge in [0.05, 0.1) is 4.90 Å². The molecule has 128 valence electrons. The first-order valence-electron chi connectivity index (χ1n) is 7.23. The lowest BCUT2D eigenvalue weighted by atomic mass is 10.1. The number of nitroso groups, excluding NO2 is 3. The Bertz CT molecular complexity index is 881. The van der Waals surface area contributed by atoms with E-state index in [9.17, 15) is 14.7 Å². The molecule has 0 aliphatic heterocycles. The first-order valence-corrected chi connectivity index (χ1v) is 8.73. The molecule has 0 heterocycles. The fraction of sp³-hybridized carbons (Fsp3) is 0.0588. The van der Waals surface area contributed by atoms with Crippen molar-refractivity contribution in [3.63, 3.8) is 0 Å². The zero-order valence-corrected chi connectivity index (χ0v) is 14.2. The second-order valence-corrected chi connectivity index (χ2v) is 7.04. The normalized spacial score (nSPS) is 11.1. The summed E-state index contributed by atoms with van der Waals surface area (Å²) >= 11 is 0. The van der Waals surface area contributed by atoms with Crippen LogP contribution in [0.2, 0.25) is 0 Å². The molecular formula is C17H16N4O3S. The third-order valence-electron chi connectivity index (χ3n) is 3.45. The largest absolute Gasteiger partial charge is 0.399 e. The zero-order valence-electron chi connectivity index (χ0n) is 13.4. The van der Waals surface area contributed by atoms with Crippen molar-refractivity contribution in [3.05, 3.63) is 87.0 Å². The number of hydrogen-bond donors (Lipinski definition) is 1. The minimum atomic E-state index is -3.40. The third-order valence-corrected chi connectivity index (χ3v) is 5.10. The van der Waals surface area contributed by atoms with Gasteiger partial charge in [-0.2, -0.15) is 0 Å². The average molecular weight is 356 g/mol. The van der Waals surface area contributed by atoms with E-state index in [-0.39, 0.29) is 4.90 Å². The summed E-state index contributed by atoms with van der Waals surface area (Å²) in [6, 6.07) is 20.2. The second-order valence-electron chi connectivity index (χ2n) is 5.12. The van der Waals surface area contributed by atoms with Gasteiger partial charge >= 0.3 is 0 Å². The molecule has 2 N–H and O–H groups in total. The maximum Gasteiger partial charge on any atom is 0.197 e. The molecule has 0 amide bonds. The van der Waals surface area contributed by atoms with Crippen LogP contribution in [-0.4, -0.2) is 0 Å². The maximum atomic E-state index is 10.8. The number of anilines is 1. The molecule has 0 unspecified atom stereocenters. The van der Waals surface area contributed by atoms with Gasteiger partial charge in [-0.1, -0.05) is 48.5 Å². The van der Waals surface area contributed by atoms with E-state index in [2.05, 4.69) is 13.7 Å². The summed E-state index contributed by atoms with van der Waals surface area (Å²) in [6.45, 7) is 1.69. The van der Waals surface area contributed by atoms with Gasteiger partial charge < -0.3 is 5.73 Å². The lowest BCUT2D eigenvalue weighted by Crippen LogP contribution is -1.93. The molecule has 3 rings (SSSR count). The van der Waals surface area contributed by atoms with Gasteiger partial charge in [0, 0.05) is 19.4 Å². The minimum absolute atomic E-state index is 0.196. The summed E-state index contributed by atoms with van der Waals surface area (Å²) in [6.07, 6.45) is 0. The van der Waals surface area contributed by atoms with Crippen molar-refractivity contribution >= 4 is 27.0 Å². The van der Waals surface area contributed by atoms with E-state index in [1.54, 1.807) is 19.1 Å². The van der Waals surface area contributed by atoms with Crippen LogP contribution in [0.5, 0.6) is 0 Å². The highest BCUT2D eigenvalue weighted by Gasteiger charge is 2.33. The Morgan fingerprint density at radius 3 is 1.68 bits per heavy atom. The van der Waals surface area contributed by atoms with Crippen LogP contribution in [0.1, 0.15) is 5.56 Å². The van der Waals surface area contributed by atoms with Crippen LogP contribution in [0.25, 0.3) is 10.8 Å². The molecule has 0 bridgehead atoms. The second kappa shape index (κ2) is 8.11. The predicted octanol–water partition coefficient (Wildman–Crippen LogP) is 5.62. The summed E-state index contributed by atoms with van der Waals surface area (Å²) in [4.78, 5) is 32.5. The molecule has 0 aliphatic carbocycles. The van der Waals surface area contributed by atoms with E-state index >= 15 is 0 Å². The number of hydrogen-bond acceptors (Lipinski definition) is 7. The topological polar surface area (TPSA) is 114 Å². The zero-order chi connectivity index (χ0) is 18.3. The van der Waals surface area contributed by atoms with Gasteiger partial charge in [0.15, 0.2) is 10.6 Å². The van der Waals surface area contributed by atoms with E-state index in [0.29, 0.717) is 5.56 Å².